The molecule has 0 saturated carbocycles. The monoisotopic (exact) mass is 315 g/mol. The van der Waals surface area contributed by atoms with Gasteiger partial charge in [-0.05, 0) is 12.1 Å². The van der Waals surface area contributed by atoms with Crippen LogP contribution >= 0.6 is 0 Å². The van der Waals surface area contributed by atoms with Crippen LogP contribution in [0.25, 0.3) is 0 Å². The van der Waals surface area contributed by atoms with Crippen molar-refractivity contribution in [2.24, 2.45) is 11.8 Å². The predicted octanol–water partition coefficient (Wildman–Crippen LogP) is 0.786. The highest BCUT2D eigenvalue weighted by atomic mass is 16.7. The molecule has 7 heteroatoms. The number of fused-ring (bicyclic) bond motifs is 2. The number of hydrogen-bond donors (Lipinski definition) is 1. The van der Waals surface area contributed by atoms with Crippen molar-refractivity contribution in [1.29, 1.82) is 0 Å². The fourth-order valence-corrected chi connectivity index (χ4v) is 4.05. The zero-order chi connectivity index (χ0) is 15.8. The summed E-state index contributed by atoms with van der Waals surface area (Å²) in [7, 11) is 0. The summed E-state index contributed by atoms with van der Waals surface area (Å²) in [5, 5.41) is 9.46. The fourth-order valence-electron chi connectivity index (χ4n) is 4.05. The standard InChI is InChI=1S/C16H13NO6/c18-14-13-12(15(19)20)10-3-4-16(13,23-10)6-17(14)8-1-2-9-11(5-8)22-7-21-9/h1-5,10,12-13H,6-7H2,(H,19,20)/t10-,12+,13+,16+/m0/s1. The van der Waals surface area contributed by atoms with Crippen LogP contribution in [0.2, 0.25) is 0 Å². The molecule has 1 spiro atoms. The molecule has 0 unspecified atom stereocenters. The summed E-state index contributed by atoms with van der Waals surface area (Å²) in [6, 6.07) is 5.26. The van der Waals surface area contributed by atoms with E-state index in [0.29, 0.717) is 23.7 Å². The maximum Gasteiger partial charge on any atom is 0.310 e. The molecule has 0 aliphatic carbocycles. The number of hydrogen-bond acceptors (Lipinski definition) is 5. The molecule has 0 radical (unpaired) electrons. The van der Waals surface area contributed by atoms with E-state index in [0.717, 1.165) is 0 Å². The van der Waals surface area contributed by atoms with Gasteiger partial charge in [-0.1, -0.05) is 12.2 Å². The molecule has 1 aromatic carbocycles. The first-order valence-electron chi connectivity index (χ1n) is 7.40. The summed E-state index contributed by atoms with van der Waals surface area (Å²) in [4.78, 5) is 26.0. The first-order valence-corrected chi connectivity index (χ1v) is 7.40. The number of amides is 1. The molecular formula is C16H13NO6. The van der Waals surface area contributed by atoms with E-state index in [4.69, 9.17) is 14.2 Å². The Morgan fingerprint density at radius 1 is 1.30 bits per heavy atom. The van der Waals surface area contributed by atoms with Gasteiger partial charge in [-0.2, -0.15) is 0 Å². The van der Waals surface area contributed by atoms with Crippen LogP contribution in [0.15, 0.2) is 30.4 Å². The van der Waals surface area contributed by atoms with Crippen LogP contribution in [0.3, 0.4) is 0 Å². The molecule has 2 fully saturated rings. The van der Waals surface area contributed by atoms with Crippen LogP contribution in [-0.4, -0.2) is 42.0 Å². The molecule has 23 heavy (non-hydrogen) atoms. The van der Waals surface area contributed by atoms with Crippen LogP contribution < -0.4 is 14.4 Å². The Labute approximate surface area is 131 Å². The van der Waals surface area contributed by atoms with Crippen molar-refractivity contribution in [2.75, 3.05) is 18.2 Å². The van der Waals surface area contributed by atoms with Gasteiger partial charge in [-0.3, -0.25) is 9.59 Å². The van der Waals surface area contributed by atoms with Gasteiger partial charge < -0.3 is 24.2 Å². The van der Waals surface area contributed by atoms with E-state index >= 15 is 0 Å². The molecule has 4 heterocycles. The summed E-state index contributed by atoms with van der Waals surface area (Å²) in [5.74, 6) is -1.50. The Morgan fingerprint density at radius 3 is 2.96 bits per heavy atom. The lowest BCUT2D eigenvalue weighted by molar-refractivity contribution is -0.146. The van der Waals surface area contributed by atoms with Crippen molar-refractivity contribution in [3.63, 3.8) is 0 Å². The maximum atomic E-state index is 12.9. The summed E-state index contributed by atoms with van der Waals surface area (Å²) in [6.07, 6.45) is 3.08. The maximum absolute atomic E-state index is 12.9. The zero-order valence-electron chi connectivity index (χ0n) is 12.0. The Morgan fingerprint density at radius 2 is 2.13 bits per heavy atom. The lowest BCUT2D eigenvalue weighted by Gasteiger charge is -2.21. The van der Waals surface area contributed by atoms with Gasteiger partial charge in [0.2, 0.25) is 12.7 Å². The van der Waals surface area contributed by atoms with E-state index in [2.05, 4.69) is 0 Å². The third kappa shape index (κ3) is 1.52. The van der Waals surface area contributed by atoms with Crippen molar-refractivity contribution in [1.82, 2.24) is 0 Å². The number of carboxylic acids is 1. The minimum atomic E-state index is -0.993. The van der Waals surface area contributed by atoms with Crippen molar-refractivity contribution in [2.45, 2.75) is 11.7 Å². The third-order valence-electron chi connectivity index (χ3n) is 5.05. The van der Waals surface area contributed by atoms with Gasteiger partial charge in [0, 0.05) is 11.8 Å². The summed E-state index contributed by atoms with van der Waals surface area (Å²) in [5.41, 5.74) is -0.172. The minimum Gasteiger partial charge on any atom is -0.481 e. The molecule has 4 aliphatic heterocycles. The van der Waals surface area contributed by atoms with E-state index in [1.54, 1.807) is 29.2 Å². The number of carboxylic acid groups (broad SMARTS) is 1. The molecule has 4 atom stereocenters. The molecule has 2 saturated heterocycles. The average molecular weight is 315 g/mol. The number of aliphatic carboxylic acids is 1. The number of carbonyl (C=O) groups is 2. The highest BCUT2D eigenvalue weighted by Crippen LogP contribution is 2.53. The quantitative estimate of drug-likeness (QED) is 0.812. The Kier molecular flexibility index (Phi) is 2.28. The summed E-state index contributed by atoms with van der Waals surface area (Å²) >= 11 is 0. The van der Waals surface area contributed by atoms with Crippen LogP contribution in [0.5, 0.6) is 11.5 Å². The van der Waals surface area contributed by atoms with Gasteiger partial charge in [0.15, 0.2) is 11.5 Å². The molecule has 1 amide bonds. The molecule has 4 aliphatic rings. The molecule has 118 valence electrons. The molecule has 5 rings (SSSR count). The Bertz CT molecular complexity index is 774. The topological polar surface area (TPSA) is 85.3 Å². The number of benzene rings is 1. The second-order valence-corrected chi connectivity index (χ2v) is 6.20. The van der Waals surface area contributed by atoms with Gasteiger partial charge in [0.05, 0.1) is 18.6 Å². The van der Waals surface area contributed by atoms with E-state index in [1.165, 1.54) is 0 Å². The second kappa shape index (κ2) is 4.05. The van der Waals surface area contributed by atoms with E-state index in [-0.39, 0.29) is 12.7 Å². The highest BCUT2D eigenvalue weighted by Gasteiger charge is 2.67. The first kappa shape index (κ1) is 13.0. The Balaban J connectivity index is 1.54. The van der Waals surface area contributed by atoms with Crippen LogP contribution in [-0.2, 0) is 14.3 Å². The molecule has 2 bridgehead atoms. The predicted molar refractivity (Wildman–Crippen MR) is 76.3 cm³/mol. The minimum absolute atomic E-state index is 0.161. The Hall–Kier alpha value is -2.54. The van der Waals surface area contributed by atoms with Gasteiger partial charge in [0.1, 0.15) is 11.5 Å². The lowest BCUT2D eigenvalue weighted by Crippen LogP contribution is -2.39. The number of rotatable bonds is 2. The first-order chi connectivity index (χ1) is 11.1. The van der Waals surface area contributed by atoms with E-state index < -0.39 is 29.5 Å². The van der Waals surface area contributed by atoms with E-state index in [9.17, 15) is 14.7 Å². The van der Waals surface area contributed by atoms with Crippen LogP contribution in [0, 0.1) is 11.8 Å². The third-order valence-corrected chi connectivity index (χ3v) is 5.05. The van der Waals surface area contributed by atoms with Gasteiger partial charge in [-0.25, -0.2) is 0 Å². The van der Waals surface area contributed by atoms with Crippen molar-refractivity contribution < 1.29 is 28.9 Å². The van der Waals surface area contributed by atoms with Gasteiger partial charge in [0.25, 0.3) is 0 Å². The normalized spacial score (nSPS) is 35.9. The van der Waals surface area contributed by atoms with Gasteiger partial charge in [-0.15, -0.1) is 0 Å². The molecule has 1 aromatic rings. The SMILES string of the molecule is O=C(O)[C@@H]1[C@@H]2C=C[C@]3(CN(c4ccc5c(c4)OCO5)C(=O)[C@@H]13)O2. The van der Waals surface area contributed by atoms with Gasteiger partial charge >= 0.3 is 5.97 Å². The number of anilines is 1. The average Bonchev–Trinajstić information content (AvgIpc) is 3.26. The fraction of sp³-hybridized carbons (Fsp3) is 0.375. The highest BCUT2D eigenvalue weighted by molar-refractivity contribution is 6.02. The summed E-state index contributed by atoms with van der Waals surface area (Å²) < 4.78 is 16.5. The number of nitrogens with zero attached hydrogens (tertiary/aromatic N) is 1. The molecule has 0 aromatic heterocycles. The van der Waals surface area contributed by atoms with Crippen molar-refractivity contribution in [3.05, 3.63) is 30.4 Å². The summed E-state index contributed by atoms with van der Waals surface area (Å²) in [6.45, 7) is 0.473. The van der Waals surface area contributed by atoms with Crippen LogP contribution in [0.1, 0.15) is 0 Å². The molecule has 1 N–H and O–H groups in total. The molecular weight excluding hydrogens is 302 g/mol. The van der Waals surface area contributed by atoms with E-state index in [1.807, 2.05) is 6.08 Å². The smallest absolute Gasteiger partial charge is 0.310 e. The number of ether oxygens (including phenoxy) is 3. The van der Waals surface area contributed by atoms with Crippen molar-refractivity contribution in [3.8, 4) is 11.5 Å². The number of carbonyl (C=O) groups excluding carboxylic acids is 1. The van der Waals surface area contributed by atoms with Crippen LogP contribution in [0.4, 0.5) is 5.69 Å². The lowest BCUT2D eigenvalue weighted by atomic mass is 9.77. The second-order valence-electron chi connectivity index (χ2n) is 6.20. The molecule has 7 nitrogen and oxygen atoms in total. The largest absolute Gasteiger partial charge is 0.481 e. The zero-order valence-corrected chi connectivity index (χ0v) is 12.0. The van der Waals surface area contributed by atoms with Crippen molar-refractivity contribution >= 4 is 17.6 Å².